The second-order valence-electron chi connectivity index (χ2n) is 11.3. The molecule has 3 heterocycles. The molecule has 0 fully saturated rings. The average Bonchev–Trinajstić information content (AvgIpc) is 3.52. The van der Waals surface area contributed by atoms with Gasteiger partial charge in [0.15, 0.2) is 0 Å². The highest BCUT2D eigenvalue weighted by molar-refractivity contribution is 6.13. The van der Waals surface area contributed by atoms with Crippen LogP contribution in [0.15, 0.2) is 90.4 Å². The minimum atomic E-state index is -0.569. The standard InChI is InChI=1S/C35H38N8O3/c1-24(30-7-5-9-32-31(30)8-6-16-38-32)19-33(41-43(23-44)18-4-3-15-39-34(45)25(2)36)26-10-12-29(13-11-26)40-35(46)42-21-27-14-17-37-20-28(27)22-42/h5-14,16-17,19-20,23,25H,3-4,15,18,21-22,36H2,1-2H3,(H,39,45)(H,40,46)/b24-19+,41-33+. The molecule has 4 aromatic rings. The summed E-state index contributed by atoms with van der Waals surface area (Å²) in [7, 11) is 0. The number of aromatic nitrogens is 2. The quantitative estimate of drug-likeness (QED) is 0.0909. The fraction of sp³-hybridized carbons (Fsp3) is 0.257. The van der Waals surface area contributed by atoms with Crippen molar-refractivity contribution in [1.29, 1.82) is 0 Å². The fourth-order valence-corrected chi connectivity index (χ4v) is 5.23. The summed E-state index contributed by atoms with van der Waals surface area (Å²) < 4.78 is 0. The molecule has 0 bridgehead atoms. The Kier molecular flexibility index (Phi) is 10.5. The SMILES string of the molecule is C/C(=C\C(=N/N(C=O)CCCCNC(=O)C(C)N)c1ccc(NC(=O)N2Cc3ccncc3C2)cc1)c1cccc2ncccc12. The molecule has 0 saturated heterocycles. The molecule has 0 radical (unpaired) electrons. The van der Waals surface area contributed by atoms with Gasteiger partial charge in [0.05, 0.1) is 17.3 Å². The first-order valence-electron chi connectivity index (χ1n) is 15.3. The lowest BCUT2D eigenvalue weighted by atomic mass is 9.99. The van der Waals surface area contributed by atoms with Crippen LogP contribution in [0.25, 0.3) is 16.5 Å². The highest BCUT2D eigenvalue weighted by Gasteiger charge is 2.23. The van der Waals surface area contributed by atoms with Gasteiger partial charge >= 0.3 is 6.03 Å². The number of rotatable bonds is 12. The molecule has 2 aromatic carbocycles. The maximum absolute atomic E-state index is 13.0. The van der Waals surface area contributed by atoms with E-state index in [0.717, 1.165) is 38.7 Å². The molecule has 1 aliphatic rings. The zero-order valence-electron chi connectivity index (χ0n) is 26.0. The Hall–Kier alpha value is -5.42. The van der Waals surface area contributed by atoms with Gasteiger partial charge in [-0.3, -0.25) is 19.6 Å². The lowest BCUT2D eigenvalue weighted by Crippen LogP contribution is -2.38. The zero-order valence-corrected chi connectivity index (χ0v) is 26.0. The van der Waals surface area contributed by atoms with E-state index in [0.29, 0.717) is 56.8 Å². The number of nitrogens with two attached hydrogens (primary N) is 1. The molecule has 11 nitrogen and oxygen atoms in total. The number of nitrogens with one attached hydrogen (secondary N) is 2. The Labute approximate surface area is 268 Å². The first-order valence-corrected chi connectivity index (χ1v) is 15.3. The number of unbranched alkanes of at least 4 members (excludes halogenated alkanes) is 1. The van der Waals surface area contributed by atoms with Crippen molar-refractivity contribution in [2.45, 2.75) is 45.8 Å². The number of carbonyl (C=O) groups excluding carboxylic acids is 3. The van der Waals surface area contributed by atoms with Crippen LogP contribution in [0.2, 0.25) is 0 Å². The first-order chi connectivity index (χ1) is 22.3. The van der Waals surface area contributed by atoms with Crippen molar-refractivity contribution in [2.75, 3.05) is 18.4 Å². The van der Waals surface area contributed by atoms with Gasteiger partial charge in [-0.25, -0.2) is 9.80 Å². The van der Waals surface area contributed by atoms with Crippen molar-refractivity contribution in [2.24, 2.45) is 10.8 Å². The van der Waals surface area contributed by atoms with Crippen molar-refractivity contribution in [3.8, 4) is 0 Å². The molecule has 1 atom stereocenters. The van der Waals surface area contributed by atoms with Crippen LogP contribution in [-0.2, 0) is 22.7 Å². The van der Waals surface area contributed by atoms with Gasteiger partial charge in [-0.15, -0.1) is 0 Å². The molecule has 4 N–H and O–H groups in total. The van der Waals surface area contributed by atoms with Crippen LogP contribution in [0.4, 0.5) is 10.5 Å². The second kappa shape index (κ2) is 15.0. The number of allylic oxidation sites excluding steroid dienone is 2. The number of urea groups is 1. The number of nitrogens with zero attached hydrogens (tertiary/aromatic N) is 5. The van der Waals surface area contributed by atoms with Crippen LogP contribution in [0.3, 0.4) is 0 Å². The highest BCUT2D eigenvalue weighted by atomic mass is 16.2. The smallest absolute Gasteiger partial charge is 0.322 e. The molecular formula is C35H38N8O3. The summed E-state index contributed by atoms with van der Waals surface area (Å²) in [6.45, 7) is 5.51. The molecule has 4 amide bonds. The number of fused-ring (bicyclic) bond motifs is 2. The third-order valence-electron chi connectivity index (χ3n) is 7.75. The summed E-state index contributed by atoms with van der Waals surface area (Å²) in [5, 5.41) is 12.9. The van der Waals surface area contributed by atoms with E-state index in [9.17, 15) is 14.4 Å². The van der Waals surface area contributed by atoms with Crippen molar-refractivity contribution in [3.63, 3.8) is 0 Å². The summed E-state index contributed by atoms with van der Waals surface area (Å²) in [4.78, 5) is 47.2. The van der Waals surface area contributed by atoms with Crippen LogP contribution in [0.5, 0.6) is 0 Å². The molecule has 46 heavy (non-hydrogen) atoms. The molecule has 1 aliphatic heterocycles. The third-order valence-corrected chi connectivity index (χ3v) is 7.75. The Morgan fingerprint density at radius 3 is 2.61 bits per heavy atom. The molecule has 0 aliphatic carbocycles. The maximum atomic E-state index is 13.0. The Morgan fingerprint density at radius 1 is 1.04 bits per heavy atom. The van der Waals surface area contributed by atoms with Gasteiger partial charge in [0.25, 0.3) is 0 Å². The molecule has 11 heteroatoms. The van der Waals surface area contributed by atoms with Gasteiger partial charge in [-0.05, 0) is 85.4 Å². The fourth-order valence-electron chi connectivity index (χ4n) is 5.23. The van der Waals surface area contributed by atoms with E-state index >= 15 is 0 Å². The monoisotopic (exact) mass is 618 g/mol. The summed E-state index contributed by atoms with van der Waals surface area (Å²) in [5.74, 6) is -0.209. The number of pyridine rings is 2. The van der Waals surface area contributed by atoms with E-state index in [4.69, 9.17) is 10.8 Å². The Balaban J connectivity index is 1.35. The van der Waals surface area contributed by atoms with Crippen molar-refractivity contribution in [1.82, 2.24) is 25.2 Å². The minimum Gasteiger partial charge on any atom is -0.355 e. The molecule has 0 spiro atoms. The molecular weight excluding hydrogens is 580 g/mol. The van der Waals surface area contributed by atoms with Gasteiger partial charge in [0.1, 0.15) is 0 Å². The number of anilines is 1. The number of hydrogen-bond acceptors (Lipinski definition) is 7. The Morgan fingerprint density at radius 2 is 1.85 bits per heavy atom. The lowest BCUT2D eigenvalue weighted by Gasteiger charge is -2.17. The minimum absolute atomic E-state index is 0.192. The number of benzene rings is 2. The number of amides is 4. The normalized spacial score (nSPS) is 13.7. The predicted octanol–water partition coefficient (Wildman–Crippen LogP) is 4.69. The van der Waals surface area contributed by atoms with E-state index in [1.54, 1.807) is 30.4 Å². The van der Waals surface area contributed by atoms with Gasteiger partial charge in [0, 0.05) is 61.4 Å². The highest BCUT2D eigenvalue weighted by Crippen LogP contribution is 2.25. The van der Waals surface area contributed by atoms with E-state index in [-0.39, 0.29) is 11.9 Å². The maximum Gasteiger partial charge on any atom is 0.322 e. The van der Waals surface area contributed by atoms with Crippen molar-refractivity contribution < 1.29 is 14.4 Å². The summed E-state index contributed by atoms with van der Waals surface area (Å²) in [6.07, 6.45) is 9.24. The van der Waals surface area contributed by atoms with Crippen molar-refractivity contribution >= 4 is 46.2 Å². The molecule has 2 aromatic heterocycles. The van der Waals surface area contributed by atoms with E-state index in [2.05, 4.69) is 20.6 Å². The molecule has 1 unspecified atom stereocenters. The van der Waals surface area contributed by atoms with Crippen LogP contribution in [0, 0.1) is 0 Å². The summed E-state index contributed by atoms with van der Waals surface area (Å²) in [6, 6.07) is 18.5. The number of hydrazone groups is 1. The first kappa shape index (κ1) is 32.0. The number of hydrogen-bond donors (Lipinski definition) is 3. The molecule has 236 valence electrons. The molecule has 0 saturated carbocycles. The van der Waals surface area contributed by atoms with Gasteiger partial charge in [-0.1, -0.05) is 30.3 Å². The van der Waals surface area contributed by atoms with Crippen LogP contribution in [0.1, 0.15) is 48.9 Å². The largest absolute Gasteiger partial charge is 0.355 e. The van der Waals surface area contributed by atoms with Crippen molar-refractivity contribution in [3.05, 3.63) is 108 Å². The zero-order chi connectivity index (χ0) is 32.5. The number of carbonyl (C=O) groups is 3. The Bertz CT molecular complexity index is 1740. The van der Waals surface area contributed by atoms with Gasteiger partial charge < -0.3 is 21.3 Å². The van der Waals surface area contributed by atoms with E-state index in [1.165, 1.54) is 5.01 Å². The lowest BCUT2D eigenvalue weighted by molar-refractivity contribution is -0.122. The second-order valence-corrected chi connectivity index (χ2v) is 11.3. The van der Waals surface area contributed by atoms with E-state index in [1.807, 2.05) is 73.7 Å². The van der Waals surface area contributed by atoms with Gasteiger partial charge in [0.2, 0.25) is 12.3 Å². The van der Waals surface area contributed by atoms with Crippen LogP contribution >= 0.6 is 0 Å². The topological polar surface area (TPSA) is 146 Å². The van der Waals surface area contributed by atoms with E-state index < -0.39 is 6.04 Å². The van der Waals surface area contributed by atoms with Gasteiger partial charge in [-0.2, -0.15) is 5.10 Å². The van der Waals surface area contributed by atoms with Crippen LogP contribution < -0.4 is 16.4 Å². The summed E-state index contributed by atoms with van der Waals surface area (Å²) >= 11 is 0. The predicted molar refractivity (Wildman–Crippen MR) is 180 cm³/mol. The van der Waals surface area contributed by atoms with Crippen LogP contribution in [-0.4, -0.2) is 63.1 Å². The average molecular weight is 619 g/mol. The summed E-state index contributed by atoms with van der Waals surface area (Å²) in [5.41, 5.74) is 12.6. The third kappa shape index (κ3) is 7.99. The molecule has 5 rings (SSSR count).